The van der Waals surface area contributed by atoms with Crippen LogP contribution in [0.3, 0.4) is 0 Å². The first-order chi connectivity index (χ1) is 15.4. The van der Waals surface area contributed by atoms with E-state index in [2.05, 4.69) is 10.6 Å². The minimum absolute atomic E-state index is 0.0366. The fraction of sp³-hybridized carbons (Fsp3) is 0.440. The largest absolute Gasteiger partial charge is 0.370 e. The van der Waals surface area contributed by atoms with Crippen LogP contribution in [-0.4, -0.2) is 55.1 Å². The van der Waals surface area contributed by atoms with Crippen LogP contribution in [0, 0.1) is 0 Å². The van der Waals surface area contributed by atoms with Crippen molar-refractivity contribution in [2.45, 2.75) is 50.3 Å². The van der Waals surface area contributed by atoms with Crippen LogP contribution in [0.1, 0.15) is 36.2 Å². The average molecular weight is 439 g/mol. The molecule has 2 aliphatic heterocycles. The first-order valence-electron chi connectivity index (χ1n) is 11.0. The highest BCUT2D eigenvalue weighted by Gasteiger charge is 2.60. The van der Waals surface area contributed by atoms with Gasteiger partial charge in [0.2, 0.25) is 5.91 Å². The molecule has 2 aromatic carbocycles. The standard InChI is InChI=1S/C25H30N2O5/c1-24(2)31-22-20(15-26-21(28)14-13-18-9-5-3-6-10-18)30-17-25(22,32-24)16-27-23(29)19-11-7-4-8-12-19/h3-12,20,22H,13-17H2,1-2H3,(H,26,28)(H,27,29)/t20-,22-,25+/m1/s1. The SMILES string of the molecule is CC1(C)O[C@@H]2[C@@H](CNC(=O)CCc3ccccc3)OC[C@]2(CNC(=O)c2ccccc2)O1. The quantitative estimate of drug-likeness (QED) is 0.661. The number of hydrogen-bond donors (Lipinski definition) is 2. The Balaban J connectivity index is 1.33. The first kappa shape index (κ1) is 22.5. The fourth-order valence-corrected chi connectivity index (χ4v) is 4.33. The van der Waals surface area contributed by atoms with Crippen molar-refractivity contribution in [1.82, 2.24) is 10.6 Å². The van der Waals surface area contributed by atoms with Crippen LogP contribution in [0.4, 0.5) is 0 Å². The minimum Gasteiger partial charge on any atom is -0.370 e. The number of benzene rings is 2. The molecule has 0 saturated carbocycles. The Kier molecular flexibility index (Phi) is 6.60. The predicted molar refractivity (Wildman–Crippen MR) is 119 cm³/mol. The van der Waals surface area contributed by atoms with E-state index >= 15 is 0 Å². The monoisotopic (exact) mass is 438 g/mol. The summed E-state index contributed by atoms with van der Waals surface area (Å²) in [6.07, 6.45) is 0.334. The Morgan fingerprint density at radius 3 is 2.41 bits per heavy atom. The van der Waals surface area contributed by atoms with E-state index in [0.29, 0.717) is 24.9 Å². The Morgan fingerprint density at radius 1 is 1.00 bits per heavy atom. The summed E-state index contributed by atoms with van der Waals surface area (Å²) in [5.74, 6) is -1.02. The normalized spacial score (nSPS) is 25.8. The number of carbonyl (C=O) groups excluding carboxylic acids is 2. The van der Waals surface area contributed by atoms with Gasteiger partial charge in [0, 0.05) is 18.5 Å². The topological polar surface area (TPSA) is 85.9 Å². The van der Waals surface area contributed by atoms with Crippen LogP contribution < -0.4 is 10.6 Å². The summed E-state index contributed by atoms with van der Waals surface area (Å²) in [6, 6.07) is 19.0. The highest BCUT2D eigenvalue weighted by molar-refractivity contribution is 5.94. The van der Waals surface area contributed by atoms with Crippen molar-refractivity contribution in [3.8, 4) is 0 Å². The van der Waals surface area contributed by atoms with Crippen molar-refractivity contribution in [2.75, 3.05) is 19.7 Å². The molecular formula is C25H30N2O5. The molecule has 2 aromatic rings. The van der Waals surface area contributed by atoms with Crippen LogP contribution in [0.25, 0.3) is 0 Å². The van der Waals surface area contributed by atoms with Crippen molar-refractivity contribution in [2.24, 2.45) is 0 Å². The second-order valence-corrected chi connectivity index (χ2v) is 8.79. The lowest BCUT2D eigenvalue weighted by molar-refractivity contribution is -0.188. The predicted octanol–water partition coefficient (Wildman–Crippen LogP) is 2.45. The zero-order valence-corrected chi connectivity index (χ0v) is 18.5. The third kappa shape index (κ3) is 5.18. The van der Waals surface area contributed by atoms with Gasteiger partial charge in [0.15, 0.2) is 5.79 Å². The van der Waals surface area contributed by atoms with E-state index in [1.807, 2.05) is 62.4 Å². The summed E-state index contributed by atoms with van der Waals surface area (Å²) in [6.45, 7) is 4.56. The molecule has 7 nitrogen and oxygen atoms in total. The van der Waals surface area contributed by atoms with E-state index in [1.165, 1.54) is 0 Å². The average Bonchev–Trinajstić information content (AvgIpc) is 3.26. The summed E-state index contributed by atoms with van der Waals surface area (Å²) in [5.41, 5.74) is 0.912. The molecule has 2 amide bonds. The maximum absolute atomic E-state index is 12.5. The van der Waals surface area contributed by atoms with Crippen LogP contribution in [-0.2, 0) is 25.4 Å². The van der Waals surface area contributed by atoms with Crippen molar-refractivity contribution in [3.05, 3.63) is 71.8 Å². The van der Waals surface area contributed by atoms with E-state index in [0.717, 1.165) is 5.56 Å². The number of carbonyl (C=O) groups is 2. The highest BCUT2D eigenvalue weighted by Crippen LogP contribution is 2.43. The van der Waals surface area contributed by atoms with Crippen molar-refractivity contribution in [1.29, 1.82) is 0 Å². The third-order valence-electron chi connectivity index (χ3n) is 5.83. The lowest BCUT2D eigenvalue weighted by atomic mass is 9.96. The van der Waals surface area contributed by atoms with Gasteiger partial charge in [-0.05, 0) is 38.0 Å². The summed E-state index contributed by atoms with van der Waals surface area (Å²) in [5, 5.41) is 5.91. The molecule has 2 N–H and O–H groups in total. The number of ether oxygens (including phenoxy) is 3. The van der Waals surface area contributed by atoms with Crippen LogP contribution in [0.2, 0.25) is 0 Å². The lowest BCUT2D eigenvalue weighted by Crippen LogP contribution is -2.52. The van der Waals surface area contributed by atoms with E-state index in [4.69, 9.17) is 14.2 Å². The molecule has 0 bridgehead atoms. The van der Waals surface area contributed by atoms with Crippen LogP contribution >= 0.6 is 0 Å². The first-order valence-corrected chi connectivity index (χ1v) is 11.0. The molecule has 170 valence electrons. The zero-order valence-electron chi connectivity index (χ0n) is 18.5. The Morgan fingerprint density at radius 2 is 1.69 bits per heavy atom. The summed E-state index contributed by atoms with van der Waals surface area (Å²) in [7, 11) is 0. The van der Waals surface area contributed by atoms with E-state index in [-0.39, 0.29) is 31.1 Å². The van der Waals surface area contributed by atoms with E-state index < -0.39 is 17.5 Å². The zero-order chi connectivity index (χ0) is 22.6. The molecule has 2 saturated heterocycles. The Hall–Kier alpha value is -2.74. The van der Waals surface area contributed by atoms with Gasteiger partial charge >= 0.3 is 0 Å². The molecule has 0 unspecified atom stereocenters. The number of hydrogen-bond acceptors (Lipinski definition) is 5. The van der Waals surface area contributed by atoms with Gasteiger partial charge in [-0.2, -0.15) is 0 Å². The van der Waals surface area contributed by atoms with Gasteiger partial charge in [0.1, 0.15) is 17.8 Å². The minimum atomic E-state index is -0.804. The molecule has 0 aromatic heterocycles. The van der Waals surface area contributed by atoms with Gasteiger partial charge in [-0.15, -0.1) is 0 Å². The van der Waals surface area contributed by atoms with Crippen molar-refractivity contribution >= 4 is 11.8 Å². The number of fused-ring (bicyclic) bond motifs is 1. The van der Waals surface area contributed by atoms with Crippen LogP contribution in [0.5, 0.6) is 0 Å². The molecule has 2 heterocycles. The maximum Gasteiger partial charge on any atom is 0.251 e. The smallest absolute Gasteiger partial charge is 0.251 e. The summed E-state index contributed by atoms with van der Waals surface area (Å²) in [4.78, 5) is 24.9. The molecule has 0 aliphatic carbocycles. The van der Waals surface area contributed by atoms with Crippen LogP contribution in [0.15, 0.2) is 60.7 Å². The molecule has 0 spiro atoms. The van der Waals surface area contributed by atoms with Gasteiger partial charge < -0.3 is 24.8 Å². The van der Waals surface area contributed by atoms with Crippen molar-refractivity contribution in [3.63, 3.8) is 0 Å². The maximum atomic E-state index is 12.5. The van der Waals surface area contributed by atoms with Gasteiger partial charge in [0.25, 0.3) is 5.91 Å². The number of aryl methyl sites for hydroxylation is 1. The van der Waals surface area contributed by atoms with Gasteiger partial charge in [-0.1, -0.05) is 48.5 Å². The highest BCUT2D eigenvalue weighted by atomic mass is 16.8. The third-order valence-corrected chi connectivity index (χ3v) is 5.83. The summed E-state index contributed by atoms with van der Waals surface area (Å²) < 4.78 is 18.3. The van der Waals surface area contributed by atoms with E-state index in [1.54, 1.807) is 12.1 Å². The second-order valence-electron chi connectivity index (χ2n) is 8.79. The molecule has 7 heteroatoms. The van der Waals surface area contributed by atoms with Crippen molar-refractivity contribution < 1.29 is 23.8 Å². The van der Waals surface area contributed by atoms with E-state index in [9.17, 15) is 9.59 Å². The number of amides is 2. The Bertz CT molecular complexity index is 934. The molecule has 2 fully saturated rings. The van der Waals surface area contributed by atoms with Gasteiger partial charge in [-0.3, -0.25) is 9.59 Å². The molecule has 2 aliphatic rings. The van der Waals surface area contributed by atoms with Gasteiger partial charge in [0.05, 0.1) is 13.2 Å². The number of rotatable bonds is 8. The summed E-state index contributed by atoms with van der Waals surface area (Å²) >= 11 is 0. The molecule has 32 heavy (non-hydrogen) atoms. The molecule has 0 radical (unpaired) electrons. The molecule has 3 atom stereocenters. The molecule has 4 rings (SSSR count). The number of nitrogens with one attached hydrogen (secondary N) is 2. The fourth-order valence-electron chi connectivity index (χ4n) is 4.33. The molecular weight excluding hydrogens is 408 g/mol. The lowest BCUT2D eigenvalue weighted by Gasteiger charge is -2.27. The Labute approximate surface area is 188 Å². The van der Waals surface area contributed by atoms with Gasteiger partial charge in [-0.25, -0.2) is 0 Å². The second kappa shape index (κ2) is 9.40.